The summed E-state index contributed by atoms with van der Waals surface area (Å²) in [7, 11) is -3.78. The van der Waals surface area contributed by atoms with Crippen LogP contribution in [0, 0.1) is 19.8 Å². The molecule has 9 heteroatoms. The number of hydrogen-bond donors (Lipinski definition) is 1. The first-order valence-electron chi connectivity index (χ1n) is 8.46. The van der Waals surface area contributed by atoms with Gasteiger partial charge in [0.1, 0.15) is 0 Å². The van der Waals surface area contributed by atoms with Gasteiger partial charge in [-0.2, -0.15) is 0 Å². The van der Waals surface area contributed by atoms with Crippen molar-refractivity contribution in [1.29, 1.82) is 0 Å². The van der Waals surface area contributed by atoms with Gasteiger partial charge in [0.05, 0.1) is 38.7 Å². The van der Waals surface area contributed by atoms with E-state index in [-0.39, 0.29) is 22.0 Å². The fraction of sp³-hybridized carbons (Fsp3) is 0.263. The van der Waals surface area contributed by atoms with Gasteiger partial charge in [-0.1, -0.05) is 36.2 Å². The lowest BCUT2D eigenvalue weighted by Gasteiger charge is -2.17. The summed E-state index contributed by atoms with van der Waals surface area (Å²) in [6.07, 6.45) is 0. The van der Waals surface area contributed by atoms with Crippen molar-refractivity contribution in [2.45, 2.75) is 20.8 Å². The molecule has 0 aliphatic carbocycles. The lowest BCUT2D eigenvalue weighted by Crippen LogP contribution is -2.30. The van der Waals surface area contributed by atoms with Gasteiger partial charge < -0.3 is 5.32 Å². The molecule has 1 heterocycles. The van der Waals surface area contributed by atoms with Gasteiger partial charge in [0.15, 0.2) is 0 Å². The Labute approximate surface area is 173 Å². The number of rotatable bonds is 3. The van der Waals surface area contributed by atoms with Gasteiger partial charge in [-0.05, 0) is 49.2 Å². The third kappa shape index (κ3) is 3.74. The smallest absolute Gasteiger partial charge is 0.257 e. The van der Waals surface area contributed by atoms with E-state index >= 15 is 0 Å². The predicted molar refractivity (Wildman–Crippen MR) is 111 cm³/mol. The van der Waals surface area contributed by atoms with Crippen molar-refractivity contribution in [1.82, 2.24) is 0 Å². The molecule has 1 fully saturated rings. The van der Waals surface area contributed by atoms with E-state index in [1.807, 2.05) is 19.9 Å². The molecule has 0 saturated carbocycles. The maximum atomic E-state index is 12.8. The van der Waals surface area contributed by atoms with E-state index < -0.39 is 27.8 Å². The third-order valence-electron chi connectivity index (χ3n) is 4.46. The molecule has 0 spiro atoms. The molecular weight excluding hydrogens is 423 g/mol. The Bertz CT molecular complexity index is 1080. The van der Waals surface area contributed by atoms with E-state index in [4.69, 9.17) is 23.2 Å². The average Bonchev–Trinajstić information content (AvgIpc) is 2.79. The molecule has 0 radical (unpaired) electrons. The van der Waals surface area contributed by atoms with E-state index in [2.05, 4.69) is 5.32 Å². The van der Waals surface area contributed by atoms with Gasteiger partial charge in [0, 0.05) is 0 Å². The fourth-order valence-electron chi connectivity index (χ4n) is 3.16. The van der Waals surface area contributed by atoms with Crippen LogP contribution < -0.4 is 9.62 Å². The summed E-state index contributed by atoms with van der Waals surface area (Å²) in [5, 5.41) is 3.22. The van der Waals surface area contributed by atoms with Crippen LogP contribution in [0.3, 0.4) is 0 Å². The first-order valence-corrected chi connectivity index (χ1v) is 10.8. The molecule has 2 aromatic carbocycles. The number of nitrogens with zero attached hydrogens (tertiary/aromatic N) is 1. The first kappa shape index (κ1) is 20.6. The Morgan fingerprint density at radius 2 is 1.82 bits per heavy atom. The van der Waals surface area contributed by atoms with Gasteiger partial charge in [-0.25, -0.2) is 12.7 Å². The Kier molecular flexibility index (Phi) is 5.44. The van der Waals surface area contributed by atoms with Gasteiger partial charge in [0.25, 0.3) is 5.91 Å². The first-order chi connectivity index (χ1) is 13.0. The van der Waals surface area contributed by atoms with Crippen LogP contribution in [0.15, 0.2) is 30.3 Å². The maximum Gasteiger partial charge on any atom is 0.257 e. The van der Waals surface area contributed by atoms with E-state index in [0.717, 1.165) is 15.4 Å². The standard InChI is InChI=1S/C19H18Cl2N2O4S/c1-10-6-11(2)17(16(21)7-10)22-18(24)14-8-13(4-5-15(14)20)23-19(25)12(3)9-28(23,26)27/h4-8,12H,9H2,1-3H3,(H,22,24). The number of carbonyl (C=O) groups excluding carboxylic acids is 2. The number of aryl methyl sites for hydroxylation is 2. The summed E-state index contributed by atoms with van der Waals surface area (Å²) in [5.41, 5.74) is 2.29. The van der Waals surface area contributed by atoms with Crippen molar-refractivity contribution < 1.29 is 18.0 Å². The summed E-state index contributed by atoms with van der Waals surface area (Å²) in [6.45, 7) is 5.24. The summed E-state index contributed by atoms with van der Waals surface area (Å²) in [4.78, 5) is 25.1. The topological polar surface area (TPSA) is 83.6 Å². The zero-order chi connectivity index (χ0) is 20.8. The molecule has 1 saturated heterocycles. The quantitative estimate of drug-likeness (QED) is 0.775. The van der Waals surface area contributed by atoms with Crippen molar-refractivity contribution in [2.24, 2.45) is 5.92 Å². The van der Waals surface area contributed by atoms with Crippen LogP contribution in [0.4, 0.5) is 11.4 Å². The number of nitrogens with one attached hydrogen (secondary N) is 1. The van der Waals surface area contributed by atoms with Crippen LogP contribution in [0.1, 0.15) is 28.4 Å². The van der Waals surface area contributed by atoms with Crippen LogP contribution in [0.5, 0.6) is 0 Å². The summed E-state index contributed by atoms with van der Waals surface area (Å²) >= 11 is 12.4. The second-order valence-electron chi connectivity index (χ2n) is 6.84. The minimum atomic E-state index is -3.78. The summed E-state index contributed by atoms with van der Waals surface area (Å²) in [5.74, 6) is -2.01. The molecule has 0 bridgehead atoms. The van der Waals surface area contributed by atoms with Crippen LogP contribution in [0.25, 0.3) is 0 Å². The zero-order valence-corrected chi connectivity index (χ0v) is 17.7. The highest BCUT2D eigenvalue weighted by Crippen LogP contribution is 2.32. The Hall–Kier alpha value is -2.09. The van der Waals surface area contributed by atoms with Crippen molar-refractivity contribution in [3.05, 3.63) is 57.1 Å². The number of sulfonamides is 1. The minimum absolute atomic E-state index is 0.0396. The van der Waals surface area contributed by atoms with Crippen LogP contribution in [-0.2, 0) is 14.8 Å². The molecule has 2 aromatic rings. The molecule has 28 heavy (non-hydrogen) atoms. The SMILES string of the molecule is Cc1cc(C)c(NC(=O)c2cc(N3C(=O)C(C)CS3(=O)=O)ccc2Cl)c(Cl)c1. The Morgan fingerprint density at radius 3 is 2.39 bits per heavy atom. The third-order valence-corrected chi connectivity index (χ3v) is 6.96. The molecule has 1 aliphatic rings. The molecule has 1 N–H and O–H groups in total. The zero-order valence-electron chi connectivity index (χ0n) is 15.4. The Balaban J connectivity index is 1.99. The monoisotopic (exact) mass is 440 g/mol. The highest BCUT2D eigenvalue weighted by atomic mass is 35.5. The predicted octanol–water partition coefficient (Wildman–Crippen LogP) is 4.18. The second-order valence-corrected chi connectivity index (χ2v) is 9.52. The normalized spacial score (nSPS) is 18.4. The summed E-state index contributed by atoms with van der Waals surface area (Å²) in [6, 6.07) is 7.68. The average molecular weight is 441 g/mol. The van der Waals surface area contributed by atoms with Gasteiger partial charge in [0.2, 0.25) is 15.9 Å². The molecule has 6 nitrogen and oxygen atoms in total. The number of hydrogen-bond acceptors (Lipinski definition) is 4. The van der Waals surface area contributed by atoms with Gasteiger partial charge in [-0.15, -0.1) is 0 Å². The highest BCUT2D eigenvalue weighted by molar-refractivity contribution is 7.94. The van der Waals surface area contributed by atoms with Crippen LogP contribution >= 0.6 is 23.2 Å². The molecule has 3 rings (SSSR count). The van der Waals surface area contributed by atoms with Crippen molar-refractivity contribution >= 4 is 56.4 Å². The van der Waals surface area contributed by atoms with Crippen LogP contribution in [-0.4, -0.2) is 26.0 Å². The van der Waals surface area contributed by atoms with E-state index in [0.29, 0.717) is 10.7 Å². The second kappa shape index (κ2) is 7.39. The number of amides is 2. The number of halogens is 2. The molecule has 2 amide bonds. The van der Waals surface area contributed by atoms with Crippen molar-refractivity contribution in [3.8, 4) is 0 Å². The van der Waals surface area contributed by atoms with E-state index in [1.54, 1.807) is 13.0 Å². The van der Waals surface area contributed by atoms with Crippen molar-refractivity contribution in [3.63, 3.8) is 0 Å². The molecule has 1 aliphatic heterocycles. The van der Waals surface area contributed by atoms with E-state index in [1.165, 1.54) is 18.2 Å². The maximum absolute atomic E-state index is 12.8. The highest BCUT2D eigenvalue weighted by Gasteiger charge is 2.42. The molecular formula is C19H18Cl2N2O4S. The summed E-state index contributed by atoms with van der Waals surface area (Å²) < 4.78 is 25.4. The minimum Gasteiger partial charge on any atom is -0.320 e. The lowest BCUT2D eigenvalue weighted by atomic mass is 10.1. The van der Waals surface area contributed by atoms with Crippen molar-refractivity contribution in [2.75, 3.05) is 15.4 Å². The van der Waals surface area contributed by atoms with Crippen LogP contribution in [0.2, 0.25) is 10.0 Å². The van der Waals surface area contributed by atoms with Gasteiger partial charge in [-0.3, -0.25) is 9.59 Å². The number of benzene rings is 2. The molecule has 1 unspecified atom stereocenters. The molecule has 148 valence electrons. The van der Waals surface area contributed by atoms with E-state index in [9.17, 15) is 18.0 Å². The molecule has 1 atom stereocenters. The fourth-order valence-corrected chi connectivity index (χ4v) is 5.54. The van der Waals surface area contributed by atoms with Gasteiger partial charge >= 0.3 is 0 Å². The lowest BCUT2D eigenvalue weighted by molar-refractivity contribution is -0.119. The number of anilines is 2. The largest absolute Gasteiger partial charge is 0.320 e. The Morgan fingerprint density at radius 1 is 1.14 bits per heavy atom. The number of carbonyl (C=O) groups is 2. The molecule has 0 aromatic heterocycles.